The average molecular weight is 245 g/mol. The minimum atomic E-state index is 0.193. The Morgan fingerprint density at radius 2 is 2.06 bits per heavy atom. The first-order chi connectivity index (χ1) is 8.84. The van der Waals surface area contributed by atoms with Crippen molar-refractivity contribution in [2.45, 2.75) is 24.9 Å². The van der Waals surface area contributed by atoms with E-state index < -0.39 is 0 Å². The van der Waals surface area contributed by atoms with Crippen LogP contribution in [0.2, 0.25) is 0 Å². The fraction of sp³-hybridized carbons (Fsp3) is 0.500. The first-order valence-electron chi connectivity index (χ1n) is 6.66. The van der Waals surface area contributed by atoms with Crippen molar-refractivity contribution >= 4 is 11.6 Å². The second kappa shape index (κ2) is 4.98. The highest BCUT2D eigenvalue weighted by Crippen LogP contribution is 2.23. The van der Waals surface area contributed by atoms with E-state index in [1.807, 2.05) is 6.07 Å². The maximum Gasteiger partial charge on any atom is 0.220 e. The summed E-state index contributed by atoms with van der Waals surface area (Å²) in [4.78, 5) is 13.8. The summed E-state index contributed by atoms with van der Waals surface area (Å²) in [6, 6.07) is 11.1. The second-order valence-electron chi connectivity index (χ2n) is 5.01. The molecule has 2 atom stereocenters. The predicted octanol–water partition coefficient (Wildman–Crippen LogP) is 0.743. The number of amides is 1. The third-order valence-electron chi connectivity index (χ3n) is 3.86. The molecule has 1 amide bonds. The summed E-state index contributed by atoms with van der Waals surface area (Å²) in [5.74, 6) is 0.193. The monoisotopic (exact) mass is 245 g/mol. The molecule has 2 heterocycles. The molecule has 2 unspecified atom stereocenters. The molecule has 4 heteroatoms. The number of anilines is 1. The van der Waals surface area contributed by atoms with Crippen LogP contribution in [-0.4, -0.2) is 37.6 Å². The summed E-state index contributed by atoms with van der Waals surface area (Å²) in [6.07, 6.45) is 1.62. The van der Waals surface area contributed by atoms with Crippen LogP contribution in [0.1, 0.15) is 12.8 Å². The number of carbonyl (C=O) groups excluding carboxylic acids is 1. The maximum absolute atomic E-state index is 11.4. The maximum atomic E-state index is 11.4. The highest BCUT2D eigenvalue weighted by Gasteiger charge is 2.34. The van der Waals surface area contributed by atoms with E-state index in [0.717, 1.165) is 26.1 Å². The van der Waals surface area contributed by atoms with Crippen LogP contribution in [0.15, 0.2) is 30.3 Å². The van der Waals surface area contributed by atoms with Crippen molar-refractivity contribution in [3.63, 3.8) is 0 Å². The Labute approximate surface area is 107 Å². The Hall–Kier alpha value is -1.55. The van der Waals surface area contributed by atoms with Crippen LogP contribution in [0, 0.1) is 0 Å². The lowest BCUT2D eigenvalue weighted by Gasteiger charge is -2.41. The molecule has 96 valence electrons. The number of benzene rings is 1. The van der Waals surface area contributed by atoms with Gasteiger partial charge in [-0.3, -0.25) is 4.79 Å². The average Bonchev–Trinajstić information content (AvgIpc) is 2.86. The van der Waals surface area contributed by atoms with Crippen molar-refractivity contribution in [3.05, 3.63) is 30.3 Å². The largest absolute Gasteiger partial charge is 0.364 e. The SMILES string of the molecule is O=C1CCC(C2CNCCN2c2ccccc2)N1. The van der Waals surface area contributed by atoms with Crippen molar-refractivity contribution in [1.82, 2.24) is 10.6 Å². The molecule has 0 saturated carbocycles. The Morgan fingerprint density at radius 1 is 1.22 bits per heavy atom. The molecule has 2 saturated heterocycles. The third-order valence-corrected chi connectivity index (χ3v) is 3.86. The van der Waals surface area contributed by atoms with Gasteiger partial charge in [-0.25, -0.2) is 0 Å². The molecule has 18 heavy (non-hydrogen) atoms. The molecular formula is C14H19N3O. The van der Waals surface area contributed by atoms with E-state index in [9.17, 15) is 4.79 Å². The Balaban J connectivity index is 1.80. The highest BCUT2D eigenvalue weighted by molar-refractivity contribution is 5.78. The molecule has 4 nitrogen and oxygen atoms in total. The van der Waals surface area contributed by atoms with Crippen molar-refractivity contribution < 1.29 is 4.79 Å². The van der Waals surface area contributed by atoms with Gasteiger partial charge in [-0.15, -0.1) is 0 Å². The molecular weight excluding hydrogens is 226 g/mol. The Kier molecular flexibility index (Phi) is 3.19. The third kappa shape index (κ3) is 2.20. The Bertz CT molecular complexity index is 420. The van der Waals surface area contributed by atoms with Crippen LogP contribution < -0.4 is 15.5 Å². The predicted molar refractivity (Wildman–Crippen MR) is 71.6 cm³/mol. The van der Waals surface area contributed by atoms with Gasteiger partial charge in [0.1, 0.15) is 0 Å². The van der Waals surface area contributed by atoms with Crippen molar-refractivity contribution in [2.75, 3.05) is 24.5 Å². The zero-order valence-corrected chi connectivity index (χ0v) is 10.4. The van der Waals surface area contributed by atoms with E-state index >= 15 is 0 Å². The van der Waals surface area contributed by atoms with E-state index in [1.165, 1.54) is 5.69 Å². The summed E-state index contributed by atoms with van der Waals surface area (Å²) in [5, 5.41) is 6.54. The van der Waals surface area contributed by atoms with Gasteiger partial charge in [0.05, 0.1) is 12.1 Å². The van der Waals surface area contributed by atoms with E-state index in [-0.39, 0.29) is 11.9 Å². The van der Waals surface area contributed by atoms with Gasteiger partial charge in [0.25, 0.3) is 0 Å². The molecule has 2 aliphatic rings. The standard InChI is InChI=1S/C14H19N3O/c18-14-7-6-12(16-14)13-10-15-8-9-17(13)11-4-2-1-3-5-11/h1-5,12-13,15H,6-10H2,(H,16,18). The molecule has 0 spiro atoms. The van der Waals surface area contributed by atoms with Crippen LogP contribution >= 0.6 is 0 Å². The second-order valence-corrected chi connectivity index (χ2v) is 5.01. The molecule has 3 rings (SSSR count). The van der Waals surface area contributed by atoms with Gasteiger partial charge in [0.2, 0.25) is 5.91 Å². The van der Waals surface area contributed by atoms with Crippen molar-refractivity contribution in [1.29, 1.82) is 0 Å². The van der Waals surface area contributed by atoms with E-state index in [4.69, 9.17) is 0 Å². The summed E-state index contributed by atoms with van der Waals surface area (Å²) in [5.41, 5.74) is 1.25. The molecule has 2 aliphatic heterocycles. The Morgan fingerprint density at radius 3 is 2.78 bits per heavy atom. The summed E-state index contributed by atoms with van der Waals surface area (Å²) in [6.45, 7) is 2.95. The van der Waals surface area contributed by atoms with Crippen LogP contribution in [0.25, 0.3) is 0 Å². The van der Waals surface area contributed by atoms with Gasteiger partial charge in [-0.05, 0) is 18.6 Å². The number of carbonyl (C=O) groups is 1. The van der Waals surface area contributed by atoms with E-state index in [0.29, 0.717) is 12.5 Å². The molecule has 0 bridgehead atoms. The van der Waals surface area contributed by atoms with Gasteiger partial charge in [-0.2, -0.15) is 0 Å². The number of piperazine rings is 1. The number of nitrogens with one attached hydrogen (secondary N) is 2. The molecule has 0 radical (unpaired) electrons. The van der Waals surface area contributed by atoms with Gasteiger partial charge < -0.3 is 15.5 Å². The number of rotatable bonds is 2. The lowest BCUT2D eigenvalue weighted by atomic mass is 10.0. The van der Waals surface area contributed by atoms with Crippen molar-refractivity contribution in [2.24, 2.45) is 0 Å². The summed E-state index contributed by atoms with van der Waals surface area (Å²) in [7, 11) is 0. The van der Waals surface area contributed by atoms with Crippen LogP contribution in [0.5, 0.6) is 0 Å². The smallest absolute Gasteiger partial charge is 0.220 e. The van der Waals surface area contributed by atoms with Crippen LogP contribution in [0.3, 0.4) is 0 Å². The quantitative estimate of drug-likeness (QED) is 0.808. The lowest BCUT2D eigenvalue weighted by molar-refractivity contribution is -0.119. The number of hydrogen-bond donors (Lipinski definition) is 2. The summed E-state index contributed by atoms with van der Waals surface area (Å²) < 4.78 is 0. The minimum Gasteiger partial charge on any atom is -0.364 e. The fourth-order valence-electron chi connectivity index (χ4n) is 2.95. The van der Waals surface area contributed by atoms with E-state index in [2.05, 4.69) is 39.8 Å². The highest BCUT2D eigenvalue weighted by atomic mass is 16.1. The zero-order valence-electron chi connectivity index (χ0n) is 10.4. The van der Waals surface area contributed by atoms with Gasteiger partial charge in [0.15, 0.2) is 0 Å². The molecule has 1 aromatic carbocycles. The number of hydrogen-bond acceptors (Lipinski definition) is 3. The van der Waals surface area contributed by atoms with Crippen molar-refractivity contribution in [3.8, 4) is 0 Å². The topological polar surface area (TPSA) is 44.4 Å². The molecule has 2 N–H and O–H groups in total. The first kappa shape index (κ1) is 11.5. The molecule has 0 aliphatic carbocycles. The van der Waals surface area contributed by atoms with E-state index in [1.54, 1.807) is 0 Å². The minimum absolute atomic E-state index is 0.193. The fourth-order valence-corrected chi connectivity index (χ4v) is 2.95. The first-order valence-corrected chi connectivity index (χ1v) is 6.66. The molecule has 2 fully saturated rings. The zero-order chi connectivity index (χ0) is 12.4. The normalized spacial score (nSPS) is 28.2. The van der Waals surface area contributed by atoms with Gasteiger partial charge >= 0.3 is 0 Å². The van der Waals surface area contributed by atoms with Gasteiger partial charge in [0, 0.05) is 31.7 Å². The number of nitrogens with zero attached hydrogens (tertiary/aromatic N) is 1. The molecule has 0 aromatic heterocycles. The van der Waals surface area contributed by atoms with Gasteiger partial charge in [-0.1, -0.05) is 18.2 Å². The molecule has 1 aromatic rings. The summed E-state index contributed by atoms with van der Waals surface area (Å²) >= 11 is 0. The lowest BCUT2D eigenvalue weighted by Crippen LogP contribution is -2.59. The van der Waals surface area contributed by atoms with Crippen LogP contribution in [-0.2, 0) is 4.79 Å². The van der Waals surface area contributed by atoms with Crippen LogP contribution in [0.4, 0.5) is 5.69 Å². The number of para-hydroxylation sites is 1.